The van der Waals surface area contributed by atoms with E-state index in [1.807, 2.05) is 0 Å². The van der Waals surface area contributed by atoms with E-state index in [4.69, 9.17) is 19.3 Å². The Bertz CT molecular complexity index is 848. The van der Waals surface area contributed by atoms with Gasteiger partial charge >= 0.3 is 19.8 Å². The second kappa shape index (κ2) is 41.7. The quantitative estimate of drug-likeness (QED) is 0.0356. The normalized spacial score (nSPS) is 12.3. The maximum Gasteiger partial charge on any atom is 0.469 e. The molecule has 0 bridgehead atoms. The van der Waals surface area contributed by atoms with Gasteiger partial charge in [-0.3, -0.25) is 14.1 Å². The van der Waals surface area contributed by atoms with Gasteiger partial charge < -0.3 is 19.3 Å². The fraction of sp³-hybridized carbons (Fsp3) is 0.956. The molecule has 8 nitrogen and oxygen atoms in total. The summed E-state index contributed by atoms with van der Waals surface area (Å²) in [5.41, 5.74) is 0. The van der Waals surface area contributed by atoms with Gasteiger partial charge in [-0.15, -0.1) is 0 Å². The van der Waals surface area contributed by atoms with E-state index in [0.717, 1.165) is 32.1 Å². The van der Waals surface area contributed by atoms with Crippen LogP contribution in [0.4, 0.5) is 0 Å². The molecular weight excluding hydrogens is 699 g/mol. The molecule has 0 spiro atoms. The van der Waals surface area contributed by atoms with Gasteiger partial charge in [0.2, 0.25) is 0 Å². The second-order valence-corrected chi connectivity index (χ2v) is 17.3. The van der Waals surface area contributed by atoms with E-state index in [2.05, 4.69) is 18.4 Å². The average molecular weight is 789 g/mol. The SMILES string of the molecule is CCCCCCCCCCCCCCCCCCCCCCCCC(=O)O[C@H](COC(=O)CCCCCCCCCCCCCCCC)COP(=O)(O)O. The molecule has 0 aliphatic rings. The van der Waals surface area contributed by atoms with Crippen LogP contribution in [-0.4, -0.2) is 41.0 Å². The first kappa shape index (κ1) is 53.0. The molecule has 0 aromatic carbocycles. The summed E-state index contributed by atoms with van der Waals surface area (Å²) in [6.45, 7) is 3.73. The number of hydrogen-bond donors (Lipinski definition) is 2. The van der Waals surface area contributed by atoms with Crippen molar-refractivity contribution in [1.82, 2.24) is 0 Å². The van der Waals surface area contributed by atoms with Crippen molar-refractivity contribution in [3.05, 3.63) is 0 Å². The molecule has 0 amide bonds. The number of carbonyl (C=O) groups excluding carboxylic acids is 2. The molecule has 1 atom stereocenters. The van der Waals surface area contributed by atoms with E-state index in [0.29, 0.717) is 6.42 Å². The molecule has 0 radical (unpaired) electrons. The van der Waals surface area contributed by atoms with Gasteiger partial charge in [-0.2, -0.15) is 0 Å². The Morgan fingerprint density at radius 2 is 0.667 bits per heavy atom. The second-order valence-electron chi connectivity index (χ2n) is 16.1. The highest BCUT2D eigenvalue weighted by atomic mass is 31.2. The molecule has 2 N–H and O–H groups in total. The van der Waals surface area contributed by atoms with Crippen LogP contribution in [0, 0.1) is 0 Å². The smallest absolute Gasteiger partial charge is 0.462 e. The lowest BCUT2D eigenvalue weighted by Crippen LogP contribution is -2.29. The van der Waals surface area contributed by atoms with Crippen LogP contribution >= 0.6 is 7.82 Å². The van der Waals surface area contributed by atoms with Crippen molar-refractivity contribution in [3.63, 3.8) is 0 Å². The predicted molar refractivity (Wildman–Crippen MR) is 226 cm³/mol. The minimum atomic E-state index is -4.75. The molecule has 0 aliphatic heterocycles. The molecule has 0 fully saturated rings. The van der Waals surface area contributed by atoms with Crippen LogP contribution in [0.3, 0.4) is 0 Å². The first-order chi connectivity index (χ1) is 26.3. The third kappa shape index (κ3) is 43.8. The third-order valence-corrected chi connectivity index (χ3v) is 11.1. The maximum absolute atomic E-state index is 12.4. The lowest BCUT2D eigenvalue weighted by Gasteiger charge is -2.18. The molecular formula is C45H89O8P. The molecule has 0 aromatic heterocycles. The Kier molecular flexibility index (Phi) is 40.9. The summed E-state index contributed by atoms with van der Waals surface area (Å²) < 4.78 is 26.5. The number of esters is 2. The topological polar surface area (TPSA) is 119 Å². The molecule has 0 aliphatic carbocycles. The largest absolute Gasteiger partial charge is 0.469 e. The Morgan fingerprint density at radius 1 is 0.407 bits per heavy atom. The van der Waals surface area contributed by atoms with Crippen molar-refractivity contribution in [3.8, 4) is 0 Å². The Hall–Kier alpha value is -0.950. The zero-order chi connectivity index (χ0) is 39.6. The number of carbonyl (C=O) groups is 2. The summed E-state index contributed by atoms with van der Waals surface area (Å²) in [6.07, 6.45) is 45.5. The van der Waals surface area contributed by atoms with Gasteiger partial charge in [0.05, 0.1) is 6.61 Å². The Labute approximate surface area is 334 Å². The van der Waals surface area contributed by atoms with Gasteiger partial charge in [0, 0.05) is 12.8 Å². The van der Waals surface area contributed by atoms with Crippen molar-refractivity contribution < 1.29 is 37.9 Å². The van der Waals surface area contributed by atoms with E-state index in [1.165, 1.54) is 193 Å². The lowest BCUT2D eigenvalue weighted by molar-refractivity contribution is -0.161. The van der Waals surface area contributed by atoms with Crippen molar-refractivity contribution >= 4 is 19.8 Å². The van der Waals surface area contributed by atoms with Crippen LogP contribution in [0.25, 0.3) is 0 Å². The van der Waals surface area contributed by atoms with Crippen LogP contribution in [0.5, 0.6) is 0 Å². The summed E-state index contributed by atoms with van der Waals surface area (Å²) in [5.74, 6) is -0.865. The number of unbranched alkanes of at least 4 members (excludes halogenated alkanes) is 34. The number of hydrogen-bond acceptors (Lipinski definition) is 6. The minimum absolute atomic E-state index is 0.221. The standard InChI is InChI=1S/C45H89O8P/c1-3-5-7-9-11-13-15-17-19-20-21-22-23-24-25-26-28-30-32-34-36-38-40-45(47)53-43(42-52-54(48,49)50)41-51-44(46)39-37-35-33-31-29-27-18-16-14-12-10-8-6-4-2/h43H,3-42H2,1-2H3,(H2,48,49,50)/t43-/m1/s1. The summed E-state index contributed by atoms with van der Waals surface area (Å²) in [7, 11) is -4.75. The summed E-state index contributed by atoms with van der Waals surface area (Å²) in [6, 6.07) is 0. The highest BCUT2D eigenvalue weighted by molar-refractivity contribution is 7.46. The van der Waals surface area contributed by atoms with E-state index >= 15 is 0 Å². The molecule has 0 rings (SSSR count). The fourth-order valence-electron chi connectivity index (χ4n) is 7.14. The van der Waals surface area contributed by atoms with Gasteiger partial charge in [0.1, 0.15) is 6.61 Å². The number of phosphoric acid groups is 1. The number of rotatable bonds is 44. The first-order valence-electron chi connectivity index (χ1n) is 23.3. The molecule has 0 saturated heterocycles. The van der Waals surface area contributed by atoms with E-state index < -0.39 is 32.5 Å². The van der Waals surface area contributed by atoms with Crippen molar-refractivity contribution in [2.75, 3.05) is 13.2 Å². The summed E-state index contributed by atoms with van der Waals surface area (Å²) in [4.78, 5) is 42.9. The highest BCUT2D eigenvalue weighted by Gasteiger charge is 2.23. The first-order valence-corrected chi connectivity index (χ1v) is 24.9. The van der Waals surface area contributed by atoms with E-state index in [1.54, 1.807) is 0 Å². The number of ether oxygens (including phenoxy) is 2. The highest BCUT2D eigenvalue weighted by Crippen LogP contribution is 2.36. The van der Waals surface area contributed by atoms with Gasteiger partial charge in [0.15, 0.2) is 6.10 Å². The van der Waals surface area contributed by atoms with Crippen molar-refractivity contribution in [1.29, 1.82) is 0 Å². The third-order valence-electron chi connectivity index (χ3n) is 10.6. The van der Waals surface area contributed by atoms with E-state index in [-0.39, 0.29) is 19.4 Å². The van der Waals surface area contributed by atoms with Crippen LogP contribution in [0.1, 0.15) is 258 Å². The molecule has 0 aromatic rings. The minimum Gasteiger partial charge on any atom is -0.462 e. The number of phosphoric ester groups is 1. The molecule has 9 heteroatoms. The molecule has 0 saturated carbocycles. The predicted octanol–water partition coefficient (Wildman–Crippen LogP) is 14.4. The van der Waals surface area contributed by atoms with Gasteiger partial charge in [-0.05, 0) is 12.8 Å². The maximum atomic E-state index is 12.4. The van der Waals surface area contributed by atoms with Crippen LogP contribution < -0.4 is 0 Å². The van der Waals surface area contributed by atoms with E-state index in [9.17, 15) is 14.2 Å². The van der Waals surface area contributed by atoms with Crippen molar-refractivity contribution in [2.24, 2.45) is 0 Å². The van der Waals surface area contributed by atoms with Crippen molar-refractivity contribution in [2.45, 2.75) is 264 Å². The zero-order valence-electron chi connectivity index (χ0n) is 35.7. The van der Waals surface area contributed by atoms with Gasteiger partial charge in [-0.25, -0.2) is 4.57 Å². The van der Waals surface area contributed by atoms with Crippen LogP contribution in [0.2, 0.25) is 0 Å². The summed E-state index contributed by atoms with van der Waals surface area (Å²) in [5, 5.41) is 0. The zero-order valence-corrected chi connectivity index (χ0v) is 36.5. The monoisotopic (exact) mass is 789 g/mol. The average Bonchev–Trinajstić information content (AvgIpc) is 3.14. The lowest BCUT2D eigenvalue weighted by atomic mass is 10.0. The van der Waals surface area contributed by atoms with Gasteiger partial charge in [0.25, 0.3) is 0 Å². The van der Waals surface area contributed by atoms with Gasteiger partial charge in [-0.1, -0.05) is 232 Å². The Morgan fingerprint density at radius 3 is 0.944 bits per heavy atom. The van der Waals surface area contributed by atoms with Crippen LogP contribution in [0.15, 0.2) is 0 Å². The molecule has 54 heavy (non-hydrogen) atoms. The van der Waals surface area contributed by atoms with Crippen LogP contribution in [-0.2, 0) is 28.2 Å². The fourth-order valence-corrected chi connectivity index (χ4v) is 7.50. The molecule has 322 valence electrons. The Balaban J connectivity index is 3.78. The molecule has 0 unspecified atom stereocenters. The summed E-state index contributed by atoms with van der Waals surface area (Å²) >= 11 is 0. The molecule has 0 heterocycles.